The first-order chi connectivity index (χ1) is 8.63. The Morgan fingerprint density at radius 1 is 1.33 bits per heavy atom. The number of para-hydroxylation sites is 1. The van der Waals surface area contributed by atoms with Crippen LogP contribution in [-0.2, 0) is 16.1 Å². The van der Waals surface area contributed by atoms with E-state index in [4.69, 9.17) is 10.5 Å². The number of esters is 1. The molecule has 0 saturated carbocycles. The Hall–Kier alpha value is -2.30. The van der Waals surface area contributed by atoms with Crippen LogP contribution in [0.25, 0.3) is 10.9 Å². The van der Waals surface area contributed by atoms with Gasteiger partial charge in [0.2, 0.25) is 0 Å². The third-order valence-corrected chi connectivity index (χ3v) is 2.66. The fourth-order valence-electron chi connectivity index (χ4n) is 1.92. The fourth-order valence-corrected chi connectivity index (χ4v) is 1.92. The van der Waals surface area contributed by atoms with Crippen molar-refractivity contribution in [3.63, 3.8) is 0 Å². The number of hydrogen-bond donors (Lipinski definition) is 1. The zero-order valence-corrected chi connectivity index (χ0v) is 10.1. The summed E-state index contributed by atoms with van der Waals surface area (Å²) in [5.41, 5.74) is 6.52. The van der Waals surface area contributed by atoms with Crippen molar-refractivity contribution in [3.05, 3.63) is 36.0 Å². The monoisotopic (exact) mass is 246 g/mol. The lowest BCUT2D eigenvalue weighted by Crippen LogP contribution is -2.13. The molecule has 0 atom stereocenters. The van der Waals surface area contributed by atoms with Gasteiger partial charge in [0.1, 0.15) is 6.54 Å². The zero-order chi connectivity index (χ0) is 13.1. The third-order valence-electron chi connectivity index (χ3n) is 2.66. The van der Waals surface area contributed by atoms with Crippen LogP contribution in [0.5, 0.6) is 0 Å². The summed E-state index contributed by atoms with van der Waals surface area (Å²) >= 11 is 0. The summed E-state index contributed by atoms with van der Waals surface area (Å²) in [6.45, 7) is 2.16. The highest BCUT2D eigenvalue weighted by atomic mass is 16.5. The lowest BCUT2D eigenvalue weighted by Gasteiger charge is -2.04. The maximum Gasteiger partial charge on any atom is 0.325 e. The van der Waals surface area contributed by atoms with Crippen LogP contribution in [0.15, 0.2) is 30.5 Å². The number of nitrogens with two attached hydrogens (primary N) is 1. The summed E-state index contributed by atoms with van der Waals surface area (Å²) in [6.07, 6.45) is 1.59. The van der Waals surface area contributed by atoms with Gasteiger partial charge in [-0.05, 0) is 13.0 Å². The largest absolute Gasteiger partial charge is 0.465 e. The van der Waals surface area contributed by atoms with E-state index >= 15 is 0 Å². The number of nitrogens with zero attached hydrogens (tertiary/aromatic N) is 1. The predicted octanol–water partition coefficient (Wildman–Crippen LogP) is 1.30. The molecule has 0 aliphatic carbocycles. The van der Waals surface area contributed by atoms with Crippen molar-refractivity contribution in [2.45, 2.75) is 13.5 Å². The van der Waals surface area contributed by atoms with Crippen molar-refractivity contribution in [1.82, 2.24) is 4.57 Å². The molecule has 0 spiro atoms. The van der Waals surface area contributed by atoms with Crippen molar-refractivity contribution in [2.75, 3.05) is 6.61 Å². The molecule has 0 fully saturated rings. The van der Waals surface area contributed by atoms with E-state index in [9.17, 15) is 9.59 Å². The van der Waals surface area contributed by atoms with Gasteiger partial charge in [0.05, 0.1) is 12.2 Å². The van der Waals surface area contributed by atoms with Gasteiger partial charge in [-0.25, -0.2) is 0 Å². The number of fused-ring (bicyclic) bond motifs is 1. The van der Waals surface area contributed by atoms with Crippen LogP contribution in [0.4, 0.5) is 0 Å². The average Bonchev–Trinajstić information content (AvgIpc) is 2.69. The van der Waals surface area contributed by atoms with Crippen LogP contribution in [0, 0.1) is 0 Å². The number of primary amides is 1. The number of amides is 1. The Morgan fingerprint density at radius 2 is 2.06 bits per heavy atom. The first-order valence-electron chi connectivity index (χ1n) is 5.66. The van der Waals surface area contributed by atoms with Crippen LogP contribution >= 0.6 is 0 Å². The lowest BCUT2D eigenvalue weighted by molar-refractivity contribution is -0.143. The molecule has 0 aliphatic rings. The van der Waals surface area contributed by atoms with Gasteiger partial charge in [0.25, 0.3) is 5.91 Å². The molecule has 0 radical (unpaired) electrons. The van der Waals surface area contributed by atoms with Gasteiger partial charge in [0.15, 0.2) is 0 Å². The summed E-state index contributed by atoms with van der Waals surface area (Å²) in [5, 5.41) is 0.745. The first kappa shape index (κ1) is 12.2. The Labute approximate surface area is 104 Å². The molecular weight excluding hydrogens is 232 g/mol. The molecule has 0 aliphatic heterocycles. The number of carbonyl (C=O) groups excluding carboxylic acids is 2. The first-order valence-corrected chi connectivity index (χ1v) is 5.66. The standard InChI is InChI=1S/C13H14N2O3/c1-2-18-12(16)8-15-7-10(13(14)17)9-5-3-4-6-11(9)15/h3-7H,2,8H2,1H3,(H2,14,17). The third kappa shape index (κ3) is 2.20. The van der Waals surface area contributed by atoms with Gasteiger partial charge >= 0.3 is 5.97 Å². The predicted molar refractivity (Wildman–Crippen MR) is 67.1 cm³/mol. The van der Waals surface area contributed by atoms with Crippen LogP contribution in [0.2, 0.25) is 0 Å². The Kier molecular flexibility index (Phi) is 3.32. The summed E-state index contributed by atoms with van der Waals surface area (Å²) in [7, 11) is 0. The van der Waals surface area contributed by atoms with E-state index in [0.717, 1.165) is 10.9 Å². The number of rotatable bonds is 4. The molecule has 1 amide bonds. The Bertz CT molecular complexity index is 601. The van der Waals surface area contributed by atoms with Gasteiger partial charge in [-0.15, -0.1) is 0 Å². The van der Waals surface area contributed by atoms with Gasteiger partial charge in [0, 0.05) is 17.1 Å². The van der Waals surface area contributed by atoms with Crippen molar-refractivity contribution < 1.29 is 14.3 Å². The van der Waals surface area contributed by atoms with E-state index in [2.05, 4.69) is 0 Å². The summed E-state index contributed by atoms with van der Waals surface area (Å²) < 4.78 is 6.56. The summed E-state index contributed by atoms with van der Waals surface area (Å²) in [4.78, 5) is 22.8. The van der Waals surface area contributed by atoms with Crippen molar-refractivity contribution in [2.24, 2.45) is 5.73 Å². The van der Waals surface area contributed by atoms with E-state index in [1.54, 1.807) is 23.8 Å². The minimum Gasteiger partial charge on any atom is -0.465 e. The molecule has 0 bridgehead atoms. The molecule has 18 heavy (non-hydrogen) atoms. The molecule has 2 rings (SSSR count). The van der Waals surface area contributed by atoms with Crippen LogP contribution in [0.1, 0.15) is 17.3 Å². The highest BCUT2D eigenvalue weighted by Crippen LogP contribution is 2.20. The second-order valence-corrected chi connectivity index (χ2v) is 3.86. The minimum atomic E-state index is -0.506. The number of benzene rings is 1. The molecule has 1 aromatic carbocycles. The van der Waals surface area contributed by atoms with E-state index in [-0.39, 0.29) is 12.5 Å². The smallest absolute Gasteiger partial charge is 0.325 e. The van der Waals surface area contributed by atoms with E-state index in [1.807, 2.05) is 18.2 Å². The van der Waals surface area contributed by atoms with Gasteiger partial charge in [-0.2, -0.15) is 0 Å². The maximum absolute atomic E-state index is 11.5. The van der Waals surface area contributed by atoms with Gasteiger partial charge in [-0.1, -0.05) is 18.2 Å². The van der Waals surface area contributed by atoms with Crippen molar-refractivity contribution in [3.8, 4) is 0 Å². The minimum absolute atomic E-state index is 0.0711. The molecule has 5 heteroatoms. The van der Waals surface area contributed by atoms with Crippen LogP contribution in [-0.4, -0.2) is 23.1 Å². The molecule has 94 valence electrons. The highest BCUT2D eigenvalue weighted by molar-refractivity contribution is 6.06. The highest BCUT2D eigenvalue weighted by Gasteiger charge is 2.14. The maximum atomic E-state index is 11.5. The quantitative estimate of drug-likeness (QED) is 0.826. The molecule has 2 N–H and O–H groups in total. The second-order valence-electron chi connectivity index (χ2n) is 3.86. The zero-order valence-electron chi connectivity index (χ0n) is 10.1. The number of carbonyl (C=O) groups is 2. The molecule has 5 nitrogen and oxygen atoms in total. The molecule has 1 heterocycles. The number of hydrogen-bond acceptors (Lipinski definition) is 3. The van der Waals surface area contributed by atoms with E-state index in [0.29, 0.717) is 12.2 Å². The summed E-state index contributed by atoms with van der Waals surface area (Å²) in [5.74, 6) is -0.844. The molecule has 0 saturated heterocycles. The van der Waals surface area contributed by atoms with Gasteiger partial charge in [-0.3, -0.25) is 9.59 Å². The lowest BCUT2D eigenvalue weighted by atomic mass is 10.2. The molecule has 1 aromatic heterocycles. The SMILES string of the molecule is CCOC(=O)Cn1cc(C(N)=O)c2ccccc21. The fraction of sp³-hybridized carbons (Fsp3) is 0.231. The molecule has 0 unspecified atom stereocenters. The summed E-state index contributed by atoms with van der Waals surface area (Å²) in [6, 6.07) is 7.30. The number of aromatic nitrogens is 1. The molecular formula is C13H14N2O3. The Balaban J connectivity index is 2.45. The molecule has 2 aromatic rings. The number of ether oxygens (including phenoxy) is 1. The van der Waals surface area contributed by atoms with E-state index in [1.165, 1.54) is 0 Å². The normalized spacial score (nSPS) is 10.5. The van der Waals surface area contributed by atoms with Crippen molar-refractivity contribution in [1.29, 1.82) is 0 Å². The topological polar surface area (TPSA) is 74.3 Å². The average molecular weight is 246 g/mol. The van der Waals surface area contributed by atoms with Crippen molar-refractivity contribution >= 4 is 22.8 Å². The van der Waals surface area contributed by atoms with E-state index < -0.39 is 5.91 Å². The Morgan fingerprint density at radius 3 is 2.72 bits per heavy atom. The van der Waals surface area contributed by atoms with Crippen LogP contribution < -0.4 is 5.73 Å². The van der Waals surface area contributed by atoms with Gasteiger partial charge < -0.3 is 15.0 Å². The van der Waals surface area contributed by atoms with Crippen LogP contribution in [0.3, 0.4) is 0 Å². The second kappa shape index (κ2) is 4.91.